The molecule has 0 fully saturated rings. The lowest BCUT2D eigenvalue weighted by Gasteiger charge is -2.10. The van der Waals surface area contributed by atoms with E-state index in [-0.39, 0.29) is 35.5 Å². The van der Waals surface area contributed by atoms with Crippen LogP contribution in [-0.4, -0.2) is 20.3 Å². The number of carbonyl (C=O) groups excluding carboxylic acids is 1. The number of halogens is 2. The van der Waals surface area contributed by atoms with E-state index in [1.807, 2.05) is 49.4 Å². The first kappa shape index (κ1) is 21.4. The molecule has 0 bridgehead atoms. The van der Waals surface area contributed by atoms with Crippen LogP contribution in [0.3, 0.4) is 0 Å². The summed E-state index contributed by atoms with van der Waals surface area (Å²) in [7, 11) is 0. The lowest BCUT2D eigenvalue weighted by atomic mass is 10.2. The third-order valence-corrected chi connectivity index (χ3v) is 5.17. The molecule has 6 nitrogen and oxygen atoms in total. The number of anilines is 1. The Balaban J connectivity index is 1.60. The highest BCUT2D eigenvalue weighted by Crippen LogP contribution is 2.26. The maximum absolute atomic E-state index is 13.6. The smallest absolute Gasteiger partial charge is 0.264 e. The maximum atomic E-state index is 13.6. The van der Waals surface area contributed by atoms with Crippen LogP contribution in [0.15, 0.2) is 71.7 Å². The molecule has 0 unspecified atom stereocenters. The fourth-order valence-corrected chi connectivity index (χ4v) is 3.53. The summed E-state index contributed by atoms with van der Waals surface area (Å²) in [6.45, 7) is 2.35. The second kappa shape index (κ2) is 9.13. The summed E-state index contributed by atoms with van der Waals surface area (Å²) in [5, 5.41) is 7.38. The summed E-state index contributed by atoms with van der Waals surface area (Å²) in [5.41, 5.74) is 1.85. The van der Waals surface area contributed by atoms with Crippen molar-refractivity contribution in [2.75, 3.05) is 5.32 Å². The minimum absolute atomic E-state index is 0.00243. The van der Waals surface area contributed by atoms with Gasteiger partial charge in [0.25, 0.3) is 12.0 Å². The molecule has 2 heterocycles. The van der Waals surface area contributed by atoms with Crippen LogP contribution in [0.4, 0.5) is 14.5 Å². The Morgan fingerprint density at radius 1 is 1.09 bits per heavy atom. The maximum Gasteiger partial charge on any atom is 0.264 e. The average Bonchev–Trinajstić information content (AvgIpc) is 3.18. The summed E-state index contributed by atoms with van der Waals surface area (Å²) in [5.74, 6) is -0.282. The van der Waals surface area contributed by atoms with Gasteiger partial charge in [-0.1, -0.05) is 48.0 Å². The normalized spacial score (nSPS) is 11.2. The number of aryl methyl sites for hydroxylation is 2. The topological polar surface area (TPSA) is 68.9 Å². The molecule has 0 atom stereocenters. The van der Waals surface area contributed by atoms with Crippen molar-refractivity contribution in [3.63, 3.8) is 0 Å². The number of carbonyl (C=O) groups is 1. The predicted octanol–water partition coefficient (Wildman–Crippen LogP) is 4.52. The van der Waals surface area contributed by atoms with Gasteiger partial charge in [-0.25, -0.2) is 8.78 Å². The van der Waals surface area contributed by atoms with Crippen molar-refractivity contribution < 1.29 is 13.6 Å². The predicted molar refractivity (Wildman–Crippen MR) is 119 cm³/mol. The molecular formula is C24H22F2N4O2. The van der Waals surface area contributed by atoms with Gasteiger partial charge in [-0.05, 0) is 24.6 Å². The quantitative estimate of drug-likeness (QED) is 0.463. The second-order valence-electron chi connectivity index (χ2n) is 7.60. The van der Waals surface area contributed by atoms with Gasteiger partial charge in [0.15, 0.2) is 5.65 Å². The minimum Gasteiger partial charge on any atom is -0.326 e. The Hall–Kier alpha value is -3.81. The van der Waals surface area contributed by atoms with E-state index in [1.54, 1.807) is 12.1 Å². The Morgan fingerprint density at radius 3 is 2.50 bits per heavy atom. The summed E-state index contributed by atoms with van der Waals surface area (Å²) in [6, 6.07) is 17.7. The molecule has 0 aliphatic rings. The zero-order valence-corrected chi connectivity index (χ0v) is 17.5. The third-order valence-electron chi connectivity index (χ3n) is 5.17. The lowest BCUT2D eigenvalue weighted by Crippen LogP contribution is -2.24. The molecule has 0 aliphatic heterocycles. The van der Waals surface area contributed by atoms with Gasteiger partial charge in [-0.15, -0.1) is 0 Å². The van der Waals surface area contributed by atoms with Crippen LogP contribution >= 0.6 is 0 Å². The lowest BCUT2D eigenvalue weighted by molar-refractivity contribution is -0.116. The number of amides is 1. The van der Waals surface area contributed by atoms with Crippen LogP contribution in [0.1, 0.15) is 29.5 Å². The summed E-state index contributed by atoms with van der Waals surface area (Å²) < 4.78 is 30.0. The number of nitrogens with zero attached hydrogens (tertiary/aromatic N) is 3. The third kappa shape index (κ3) is 4.74. The number of benzene rings is 2. The van der Waals surface area contributed by atoms with Crippen molar-refractivity contribution in [1.29, 1.82) is 0 Å². The largest absolute Gasteiger partial charge is 0.326 e. The van der Waals surface area contributed by atoms with E-state index in [0.29, 0.717) is 12.2 Å². The number of hydrogen-bond donors (Lipinski definition) is 1. The molecule has 0 spiro atoms. The first-order valence-electron chi connectivity index (χ1n) is 10.2. The van der Waals surface area contributed by atoms with Gasteiger partial charge in [-0.2, -0.15) is 5.10 Å². The zero-order chi connectivity index (χ0) is 22.7. The van der Waals surface area contributed by atoms with Crippen molar-refractivity contribution in [1.82, 2.24) is 14.3 Å². The number of alkyl halides is 2. The number of fused-ring (bicyclic) bond motifs is 1. The van der Waals surface area contributed by atoms with Crippen molar-refractivity contribution in [3.05, 3.63) is 93.9 Å². The molecule has 1 amide bonds. The Labute approximate surface area is 183 Å². The van der Waals surface area contributed by atoms with Crippen molar-refractivity contribution >= 4 is 22.6 Å². The molecule has 1 N–H and O–H groups in total. The van der Waals surface area contributed by atoms with Crippen LogP contribution in [0.2, 0.25) is 0 Å². The van der Waals surface area contributed by atoms with Crippen LogP contribution in [0, 0.1) is 6.92 Å². The van der Waals surface area contributed by atoms with Crippen LogP contribution in [-0.2, 0) is 17.9 Å². The first-order valence-corrected chi connectivity index (χ1v) is 10.2. The average molecular weight is 436 g/mol. The van der Waals surface area contributed by atoms with E-state index < -0.39 is 12.0 Å². The zero-order valence-electron chi connectivity index (χ0n) is 17.5. The van der Waals surface area contributed by atoms with E-state index in [1.165, 1.54) is 15.4 Å². The molecule has 0 saturated heterocycles. The van der Waals surface area contributed by atoms with Gasteiger partial charge < -0.3 is 5.32 Å². The molecule has 8 heteroatoms. The summed E-state index contributed by atoms with van der Waals surface area (Å²) in [6.07, 6.45) is -1.28. The van der Waals surface area contributed by atoms with Crippen molar-refractivity contribution in [2.45, 2.75) is 32.9 Å². The van der Waals surface area contributed by atoms with E-state index >= 15 is 0 Å². The van der Waals surface area contributed by atoms with Crippen LogP contribution < -0.4 is 10.9 Å². The number of rotatable bonds is 7. The van der Waals surface area contributed by atoms with Gasteiger partial charge >= 0.3 is 0 Å². The summed E-state index contributed by atoms with van der Waals surface area (Å²) in [4.78, 5) is 25.0. The van der Waals surface area contributed by atoms with Crippen molar-refractivity contribution in [3.8, 4) is 0 Å². The highest BCUT2D eigenvalue weighted by atomic mass is 19.3. The van der Waals surface area contributed by atoms with Gasteiger partial charge in [0.1, 0.15) is 0 Å². The Morgan fingerprint density at radius 2 is 1.81 bits per heavy atom. The fraction of sp³-hybridized carbons (Fsp3) is 0.208. The molecule has 0 aliphatic carbocycles. The minimum atomic E-state index is -2.81. The van der Waals surface area contributed by atoms with Gasteiger partial charge in [-0.3, -0.25) is 18.8 Å². The van der Waals surface area contributed by atoms with Crippen LogP contribution in [0.5, 0.6) is 0 Å². The van der Waals surface area contributed by atoms with Crippen LogP contribution in [0.25, 0.3) is 11.0 Å². The molecule has 2 aromatic carbocycles. The SMILES string of the molecule is Cc1ccc(NC(=O)CCn2c(=O)cc(C(F)F)c3cn(Cc4ccccc4)nc32)cc1. The van der Waals surface area contributed by atoms with E-state index in [2.05, 4.69) is 10.4 Å². The second-order valence-corrected chi connectivity index (χ2v) is 7.60. The molecule has 0 radical (unpaired) electrons. The Kier molecular flexibility index (Phi) is 6.11. The monoisotopic (exact) mass is 436 g/mol. The molecule has 32 heavy (non-hydrogen) atoms. The number of aromatic nitrogens is 3. The standard InChI is InChI=1S/C24H22F2N4O2/c1-16-7-9-18(10-8-16)27-21(31)11-12-30-22(32)13-19(23(25)26)20-15-29(28-24(20)30)14-17-5-3-2-4-6-17/h2-10,13,15,23H,11-12,14H2,1H3,(H,27,31). The van der Waals surface area contributed by atoms with Gasteiger partial charge in [0.05, 0.1) is 6.54 Å². The summed E-state index contributed by atoms with van der Waals surface area (Å²) >= 11 is 0. The van der Waals surface area contributed by atoms with Gasteiger partial charge in [0, 0.05) is 41.9 Å². The highest BCUT2D eigenvalue weighted by molar-refractivity contribution is 5.90. The Bertz CT molecular complexity index is 1300. The molecule has 2 aromatic heterocycles. The number of hydrogen-bond acceptors (Lipinski definition) is 3. The number of pyridine rings is 1. The highest BCUT2D eigenvalue weighted by Gasteiger charge is 2.19. The molecule has 4 rings (SSSR count). The van der Waals surface area contributed by atoms with Crippen molar-refractivity contribution in [2.24, 2.45) is 0 Å². The van der Waals surface area contributed by atoms with Gasteiger partial charge in [0.2, 0.25) is 5.91 Å². The molecule has 164 valence electrons. The van der Waals surface area contributed by atoms with E-state index in [4.69, 9.17) is 0 Å². The molecular weight excluding hydrogens is 414 g/mol. The van der Waals surface area contributed by atoms with E-state index in [0.717, 1.165) is 17.2 Å². The first-order chi connectivity index (χ1) is 15.4. The molecule has 4 aromatic rings. The van der Waals surface area contributed by atoms with E-state index in [9.17, 15) is 18.4 Å². The fourth-order valence-electron chi connectivity index (χ4n) is 3.53. The number of nitrogens with one attached hydrogen (secondary N) is 1. The molecule has 0 saturated carbocycles.